The van der Waals surface area contributed by atoms with Gasteiger partial charge in [0.15, 0.2) is 5.03 Å². The first-order chi connectivity index (χ1) is 8.95. The standard InChI is InChI=1S/C8H6ClF5N2O3S/c9-20(17,18)7-4(5(10)11)1-3(2-15)6(16-7)19-8(12,13)14/h1,5H,2,15H2. The van der Waals surface area contributed by atoms with Gasteiger partial charge in [-0.2, -0.15) is 4.98 Å². The van der Waals surface area contributed by atoms with Crippen molar-refractivity contribution in [1.29, 1.82) is 0 Å². The molecule has 1 heterocycles. The monoisotopic (exact) mass is 340 g/mol. The van der Waals surface area contributed by atoms with Crippen LogP contribution >= 0.6 is 10.7 Å². The SMILES string of the molecule is NCc1cc(C(F)F)c(S(=O)(=O)Cl)nc1OC(F)(F)F. The Morgan fingerprint density at radius 1 is 1.40 bits per heavy atom. The summed E-state index contributed by atoms with van der Waals surface area (Å²) in [5.74, 6) is -1.25. The van der Waals surface area contributed by atoms with E-state index in [4.69, 9.17) is 16.4 Å². The van der Waals surface area contributed by atoms with E-state index in [1.165, 1.54) is 0 Å². The molecule has 0 fully saturated rings. The quantitative estimate of drug-likeness (QED) is 0.672. The lowest BCUT2D eigenvalue weighted by molar-refractivity contribution is -0.276. The summed E-state index contributed by atoms with van der Waals surface area (Å²) in [5, 5.41) is -1.41. The summed E-state index contributed by atoms with van der Waals surface area (Å²) in [6.07, 6.45) is -8.52. The lowest BCUT2D eigenvalue weighted by Gasteiger charge is -2.14. The fraction of sp³-hybridized carbons (Fsp3) is 0.375. The minimum Gasteiger partial charge on any atom is -0.387 e. The molecule has 1 aromatic heterocycles. The van der Waals surface area contributed by atoms with Crippen LogP contribution in [0.4, 0.5) is 22.0 Å². The van der Waals surface area contributed by atoms with Crippen molar-refractivity contribution in [3.8, 4) is 5.88 Å². The molecule has 0 atom stereocenters. The summed E-state index contributed by atoms with van der Waals surface area (Å²) in [7, 11) is 0.0662. The molecule has 0 aliphatic heterocycles. The Morgan fingerprint density at radius 3 is 2.30 bits per heavy atom. The Bertz CT molecular complexity index is 605. The van der Waals surface area contributed by atoms with Crippen LogP contribution in [0.15, 0.2) is 11.1 Å². The van der Waals surface area contributed by atoms with E-state index in [9.17, 15) is 30.4 Å². The van der Waals surface area contributed by atoms with Crippen LogP contribution in [0.3, 0.4) is 0 Å². The Kier molecular flexibility index (Phi) is 4.77. The highest BCUT2D eigenvalue weighted by molar-refractivity contribution is 8.13. The molecule has 0 spiro atoms. The maximum atomic E-state index is 12.7. The maximum Gasteiger partial charge on any atom is 0.574 e. The van der Waals surface area contributed by atoms with Gasteiger partial charge < -0.3 is 10.5 Å². The number of ether oxygens (including phenoxy) is 1. The lowest BCUT2D eigenvalue weighted by atomic mass is 10.2. The van der Waals surface area contributed by atoms with E-state index in [-0.39, 0.29) is 0 Å². The van der Waals surface area contributed by atoms with Crippen LogP contribution in [0, 0.1) is 0 Å². The topological polar surface area (TPSA) is 82.3 Å². The predicted molar refractivity (Wildman–Crippen MR) is 56.8 cm³/mol. The summed E-state index contributed by atoms with van der Waals surface area (Å²) in [4.78, 5) is 2.90. The third-order valence-corrected chi connectivity index (χ3v) is 3.18. The van der Waals surface area contributed by atoms with Gasteiger partial charge >= 0.3 is 6.36 Å². The molecule has 0 aliphatic rings. The average Bonchev–Trinajstić information content (AvgIpc) is 2.24. The Balaban J connectivity index is 3.55. The van der Waals surface area contributed by atoms with Crippen molar-refractivity contribution in [2.45, 2.75) is 24.4 Å². The zero-order chi connectivity index (χ0) is 15.7. The molecule has 1 aromatic rings. The van der Waals surface area contributed by atoms with Crippen molar-refractivity contribution in [1.82, 2.24) is 4.98 Å². The minimum absolute atomic E-state index is 0.452. The molecule has 0 aromatic carbocycles. The van der Waals surface area contributed by atoms with Gasteiger partial charge in [-0.3, -0.25) is 0 Å². The summed E-state index contributed by atoms with van der Waals surface area (Å²) in [5.41, 5.74) is 3.39. The smallest absolute Gasteiger partial charge is 0.387 e. The third kappa shape index (κ3) is 4.15. The van der Waals surface area contributed by atoms with Gasteiger partial charge in [0.2, 0.25) is 5.88 Å². The zero-order valence-corrected chi connectivity index (χ0v) is 10.9. The number of rotatable bonds is 4. The number of pyridine rings is 1. The molecule has 20 heavy (non-hydrogen) atoms. The highest BCUT2D eigenvalue weighted by atomic mass is 35.7. The molecule has 1 rings (SSSR count). The highest BCUT2D eigenvalue weighted by Gasteiger charge is 2.35. The molecular formula is C8H6ClF5N2O3S. The fourth-order valence-electron chi connectivity index (χ4n) is 1.24. The third-order valence-electron chi connectivity index (χ3n) is 1.95. The van der Waals surface area contributed by atoms with E-state index in [0.717, 1.165) is 0 Å². The molecule has 0 saturated heterocycles. The van der Waals surface area contributed by atoms with Crippen LogP contribution in [0.1, 0.15) is 17.6 Å². The number of hydrogen-bond acceptors (Lipinski definition) is 5. The first kappa shape index (κ1) is 16.9. The van der Waals surface area contributed by atoms with Crippen LogP contribution in [0.2, 0.25) is 0 Å². The summed E-state index contributed by atoms with van der Waals surface area (Å²) in [6, 6.07) is 0.452. The van der Waals surface area contributed by atoms with Crippen molar-refractivity contribution < 1.29 is 35.1 Å². The normalized spacial score (nSPS) is 12.8. The molecular weight excluding hydrogens is 335 g/mol. The Hall–Kier alpha value is -1.20. The number of halogens is 6. The molecule has 2 N–H and O–H groups in total. The second kappa shape index (κ2) is 5.66. The van der Waals surface area contributed by atoms with E-state index >= 15 is 0 Å². The van der Waals surface area contributed by atoms with Gasteiger partial charge in [-0.05, 0) is 6.07 Å². The molecule has 0 aliphatic carbocycles. The van der Waals surface area contributed by atoms with Crippen LogP contribution < -0.4 is 10.5 Å². The van der Waals surface area contributed by atoms with Crippen molar-refractivity contribution in [3.63, 3.8) is 0 Å². The number of aromatic nitrogens is 1. The van der Waals surface area contributed by atoms with Crippen molar-refractivity contribution in [3.05, 3.63) is 17.2 Å². The molecule has 0 bridgehead atoms. The highest BCUT2D eigenvalue weighted by Crippen LogP contribution is 2.33. The fourth-order valence-corrected chi connectivity index (χ4v) is 2.23. The molecule has 0 amide bonds. The number of nitrogens with zero attached hydrogens (tertiary/aromatic N) is 1. The molecule has 12 heteroatoms. The van der Waals surface area contributed by atoms with Crippen LogP contribution in [0.5, 0.6) is 5.88 Å². The molecule has 0 unspecified atom stereocenters. The van der Waals surface area contributed by atoms with Crippen LogP contribution in [0.25, 0.3) is 0 Å². The lowest BCUT2D eigenvalue weighted by Crippen LogP contribution is -2.21. The maximum absolute atomic E-state index is 12.7. The van der Waals surface area contributed by atoms with Gasteiger partial charge in [0.25, 0.3) is 15.5 Å². The number of hydrogen-bond donors (Lipinski definition) is 1. The van der Waals surface area contributed by atoms with E-state index < -0.39 is 50.4 Å². The van der Waals surface area contributed by atoms with Gasteiger partial charge in [0.05, 0.1) is 5.56 Å². The summed E-state index contributed by atoms with van der Waals surface area (Å²) >= 11 is 0. The van der Waals surface area contributed by atoms with E-state index in [2.05, 4.69) is 9.72 Å². The van der Waals surface area contributed by atoms with Crippen LogP contribution in [-0.4, -0.2) is 19.8 Å². The van der Waals surface area contributed by atoms with Gasteiger partial charge in [0.1, 0.15) is 0 Å². The predicted octanol–water partition coefficient (Wildman–Crippen LogP) is 2.30. The first-order valence-corrected chi connectivity index (χ1v) is 6.99. The van der Waals surface area contributed by atoms with Crippen molar-refractivity contribution in [2.75, 3.05) is 0 Å². The molecule has 5 nitrogen and oxygen atoms in total. The van der Waals surface area contributed by atoms with Crippen molar-refractivity contribution >= 4 is 19.7 Å². The second-order valence-corrected chi connectivity index (χ2v) is 5.82. The second-order valence-electron chi connectivity index (χ2n) is 3.34. The summed E-state index contributed by atoms with van der Waals surface area (Å²) < 4.78 is 87.3. The van der Waals surface area contributed by atoms with Crippen molar-refractivity contribution in [2.24, 2.45) is 5.73 Å². The molecule has 0 radical (unpaired) electrons. The van der Waals surface area contributed by atoms with Gasteiger partial charge in [0, 0.05) is 22.8 Å². The largest absolute Gasteiger partial charge is 0.574 e. The van der Waals surface area contributed by atoms with E-state index in [0.29, 0.717) is 6.07 Å². The van der Waals surface area contributed by atoms with Gasteiger partial charge in [-0.1, -0.05) is 0 Å². The number of alkyl halides is 5. The number of nitrogens with two attached hydrogens (primary N) is 1. The van der Waals surface area contributed by atoms with E-state index in [1.54, 1.807) is 0 Å². The Morgan fingerprint density at radius 2 is 1.95 bits per heavy atom. The van der Waals surface area contributed by atoms with Crippen LogP contribution in [-0.2, 0) is 15.6 Å². The Labute approximate surface area is 113 Å². The summed E-state index contributed by atoms with van der Waals surface area (Å²) in [6.45, 7) is -0.624. The van der Waals surface area contributed by atoms with Gasteiger partial charge in [-0.25, -0.2) is 17.2 Å². The molecule has 0 saturated carbocycles. The van der Waals surface area contributed by atoms with E-state index in [1.807, 2.05) is 0 Å². The van der Waals surface area contributed by atoms with Gasteiger partial charge in [-0.15, -0.1) is 13.2 Å². The zero-order valence-electron chi connectivity index (χ0n) is 9.29. The molecule has 114 valence electrons. The average molecular weight is 341 g/mol. The minimum atomic E-state index is -5.20. The first-order valence-electron chi connectivity index (χ1n) is 4.68.